The number of benzene rings is 3. The molecule has 0 saturated heterocycles. The number of ketones is 2. The Morgan fingerprint density at radius 2 is 0.966 bits per heavy atom. The quantitative estimate of drug-likeness (QED) is 0.0366. The summed E-state index contributed by atoms with van der Waals surface area (Å²) in [6.07, 6.45) is 3.95. The fourth-order valence-electron chi connectivity index (χ4n) is 12.2. The van der Waals surface area contributed by atoms with E-state index in [1.807, 2.05) is 53.7 Å². The van der Waals surface area contributed by atoms with Crippen LogP contribution in [0.15, 0.2) is 71.1 Å². The van der Waals surface area contributed by atoms with Crippen LogP contribution in [0.25, 0.3) is 95.4 Å². The number of aromatic nitrogens is 4. The molecule has 9 aromatic rings. The zero-order chi connectivity index (χ0) is 62.8. The van der Waals surface area contributed by atoms with E-state index in [2.05, 4.69) is 9.69 Å². The number of aryl methyl sites for hydroxylation is 2. The van der Waals surface area contributed by atoms with Crippen LogP contribution in [0, 0.1) is 59.1 Å². The molecule has 15 nitrogen and oxygen atoms in total. The van der Waals surface area contributed by atoms with Crippen molar-refractivity contribution in [1.82, 2.24) is 24.8 Å². The molecule has 5 aliphatic rings. The predicted molar refractivity (Wildman–Crippen MR) is 329 cm³/mol. The lowest BCUT2D eigenvalue weighted by Crippen LogP contribution is -2.29. The van der Waals surface area contributed by atoms with Crippen LogP contribution in [0.5, 0.6) is 11.5 Å². The molecular formula is C66H37F4N9O6S4. The first kappa shape index (κ1) is 56.7. The minimum atomic E-state index is -1.26. The molecule has 9 heterocycles. The van der Waals surface area contributed by atoms with Gasteiger partial charge in [-0.2, -0.15) is 20.2 Å². The fraction of sp³-hybridized carbons (Fsp3) is 0.182. The summed E-state index contributed by atoms with van der Waals surface area (Å²) in [6.45, 7) is 28.8. The number of nitriles is 2. The van der Waals surface area contributed by atoms with Crippen molar-refractivity contribution in [2.75, 3.05) is 6.54 Å². The van der Waals surface area contributed by atoms with Crippen LogP contribution in [-0.4, -0.2) is 54.8 Å². The maximum atomic E-state index is 14.7. The molecule has 0 saturated carbocycles. The summed E-state index contributed by atoms with van der Waals surface area (Å²) in [5.41, 5.74) is 1.48. The summed E-state index contributed by atoms with van der Waals surface area (Å²) < 4.78 is 72.2. The van der Waals surface area contributed by atoms with E-state index in [1.165, 1.54) is 57.5 Å². The SMILES string of the molecule is [C-]#[N+]C([N+]#[C-])=C1/C(=C/c2cc3c(s2)-c2sc(-c4c5nc(CC)c(CC)nc5c(-c5cc6c(s5)-c5sc(/C=C7\C(=O)c8cc(F)c(F)cc8C7=C(C#N)C#N)cc5OC6(C)C)c5nc6c(nc45)C(=O)N(CC)C6=O)cc2C(C)(C)O3)C(=O)c2cc(F)c(F)cc21. The summed E-state index contributed by atoms with van der Waals surface area (Å²) in [5.74, 6) is -7.24. The van der Waals surface area contributed by atoms with Crippen molar-refractivity contribution in [1.29, 1.82) is 10.5 Å². The van der Waals surface area contributed by atoms with Crippen molar-refractivity contribution in [3.63, 3.8) is 0 Å². The van der Waals surface area contributed by atoms with Crippen LogP contribution in [0.2, 0.25) is 0 Å². The third kappa shape index (κ3) is 8.19. The van der Waals surface area contributed by atoms with Gasteiger partial charge in [0.05, 0.1) is 36.5 Å². The smallest absolute Gasteiger partial charge is 0.482 e. The molecule has 89 heavy (non-hydrogen) atoms. The van der Waals surface area contributed by atoms with E-state index in [4.69, 9.17) is 42.6 Å². The Morgan fingerprint density at radius 3 is 1.36 bits per heavy atom. The standard InChI is InChI=1S/C66H37F4N9O6S4/c1-10-40-41(11-2)76-51-49(45-22-35-59(89-45)61-43(85-66(35,6)7)16-27(87-61)14-33-47(62(73-8)74-9)29-18-37(68)39(70)20-31(29)57(33)81)53-52(77-54-55(78-53)64(83)79(12-3)63(54)82)48(50(51)75-40)44-21-34-58(88-44)60-42(84-65(34,4)5)15-26(86-60)13-32-46(25(23-71)24-72)28-17-36(67)38(69)19-30(28)56(32)80/h13-22H,10-12H2,1-7H3/b32-13-,33-14-. The molecule has 434 valence electrons. The number of ether oxygens (including phenoxy) is 2. The highest BCUT2D eigenvalue weighted by Crippen LogP contribution is 2.59. The Bertz CT molecular complexity index is 4910. The Morgan fingerprint density at radius 1 is 0.573 bits per heavy atom. The lowest BCUT2D eigenvalue weighted by atomic mass is 9.93. The van der Waals surface area contributed by atoms with Gasteiger partial charge < -0.3 is 9.47 Å². The van der Waals surface area contributed by atoms with Gasteiger partial charge in [-0.05, 0) is 119 Å². The van der Waals surface area contributed by atoms with Gasteiger partial charge in [0, 0.05) is 76.2 Å². The lowest BCUT2D eigenvalue weighted by Gasteiger charge is -2.31. The predicted octanol–water partition coefficient (Wildman–Crippen LogP) is 15.9. The molecule has 23 heteroatoms. The zero-order valence-corrected chi connectivity index (χ0v) is 50.8. The minimum absolute atomic E-state index is 0.0450. The first-order valence-electron chi connectivity index (χ1n) is 27.5. The number of amides is 2. The summed E-state index contributed by atoms with van der Waals surface area (Å²) in [6, 6.07) is 14.1. The molecule has 2 aliphatic carbocycles. The molecule has 14 rings (SSSR count). The fourth-order valence-corrected chi connectivity index (χ4v) is 17.2. The summed E-state index contributed by atoms with van der Waals surface area (Å²) in [5, 5.41) is 20.0. The van der Waals surface area contributed by atoms with Crippen LogP contribution in [0.4, 0.5) is 17.6 Å². The van der Waals surface area contributed by atoms with Crippen LogP contribution in [0.3, 0.4) is 0 Å². The van der Waals surface area contributed by atoms with Gasteiger partial charge in [0.15, 0.2) is 46.2 Å². The Labute approximate surface area is 518 Å². The third-order valence-electron chi connectivity index (χ3n) is 16.3. The van der Waals surface area contributed by atoms with E-state index in [-0.39, 0.29) is 73.5 Å². The normalized spacial score (nSPS) is 16.3. The van der Waals surface area contributed by atoms with Gasteiger partial charge >= 0.3 is 5.82 Å². The molecular weight excluding hydrogens is 1220 g/mol. The number of Topliss-reactive ketones (excluding diaryl/α,β-unsaturated/α-hetero) is 2. The Hall–Kier alpha value is -10.1. The number of rotatable bonds is 7. The highest BCUT2D eigenvalue weighted by Gasteiger charge is 2.44. The molecule has 6 aromatic heterocycles. The van der Waals surface area contributed by atoms with Crippen molar-refractivity contribution in [2.45, 2.75) is 72.5 Å². The number of imide groups is 1. The van der Waals surface area contributed by atoms with Gasteiger partial charge in [0.2, 0.25) is 0 Å². The average Bonchev–Trinajstić information content (AvgIpc) is 1.64. The molecule has 0 unspecified atom stereocenters. The van der Waals surface area contributed by atoms with Gasteiger partial charge in [0.1, 0.15) is 75.6 Å². The Balaban J connectivity index is 0.975. The lowest BCUT2D eigenvalue weighted by molar-refractivity contribution is 0.0658. The molecule has 3 aliphatic heterocycles. The Kier molecular flexibility index (Phi) is 12.7. The van der Waals surface area contributed by atoms with Gasteiger partial charge in [-0.3, -0.25) is 24.1 Å². The molecule has 0 spiro atoms. The van der Waals surface area contributed by atoms with Crippen molar-refractivity contribution in [2.24, 2.45) is 0 Å². The van der Waals surface area contributed by atoms with E-state index >= 15 is 0 Å². The molecule has 0 fully saturated rings. The number of thiophene rings is 4. The maximum absolute atomic E-state index is 14.7. The first-order chi connectivity index (χ1) is 42.6. The molecule has 0 radical (unpaired) electrons. The largest absolute Gasteiger partial charge is 0.528 e. The van der Waals surface area contributed by atoms with Crippen molar-refractivity contribution < 1.29 is 46.2 Å². The second-order valence-electron chi connectivity index (χ2n) is 22.2. The summed E-state index contributed by atoms with van der Waals surface area (Å²) in [4.78, 5) is 90.4. The highest BCUT2D eigenvalue weighted by atomic mass is 32.1. The van der Waals surface area contributed by atoms with E-state index < -0.39 is 69.2 Å². The molecule has 0 N–H and O–H groups in total. The van der Waals surface area contributed by atoms with Gasteiger partial charge in [-0.25, -0.2) is 37.5 Å². The van der Waals surface area contributed by atoms with Crippen LogP contribution in [-0.2, 0) is 24.0 Å². The number of fused-ring (bicyclic) bond motifs is 11. The summed E-state index contributed by atoms with van der Waals surface area (Å²) in [7, 11) is 0. The molecule has 0 atom stereocenters. The molecule has 3 aromatic carbocycles. The second kappa shape index (κ2) is 19.9. The van der Waals surface area contributed by atoms with Crippen LogP contribution < -0.4 is 9.47 Å². The minimum Gasteiger partial charge on any atom is -0.482 e. The second-order valence-corrected chi connectivity index (χ2v) is 26.4. The zero-order valence-electron chi connectivity index (χ0n) is 47.5. The number of carbonyl (C=O) groups is 4. The number of nitrogens with zero attached hydrogens (tertiary/aromatic N) is 9. The number of carbonyl (C=O) groups excluding carboxylic acids is 4. The first-order valence-corrected chi connectivity index (χ1v) is 30.8. The number of allylic oxidation sites excluding steroid dienone is 5. The summed E-state index contributed by atoms with van der Waals surface area (Å²) >= 11 is 5.27. The van der Waals surface area contributed by atoms with Gasteiger partial charge in [-0.1, -0.05) is 13.8 Å². The molecule has 2 amide bonds. The third-order valence-corrected chi connectivity index (χ3v) is 21.0. The van der Waals surface area contributed by atoms with Crippen LogP contribution >= 0.6 is 45.3 Å². The van der Waals surface area contributed by atoms with E-state index in [1.54, 1.807) is 31.2 Å². The van der Waals surface area contributed by atoms with Gasteiger partial charge in [-0.15, -0.1) is 45.3 Å². The highest BCUT2D eigenvalue weighted by molar-refractivity contribution is 7.25. The van der Waals surface area contributed by atoms with E-state index in [0.717, 1.165) is 50.0 Å². The van der Waals surface area contributed by atoms with Crippen molar-refractivity contribution >= 4 is 114 Å². The molecule has 0 bridgehead atoms. The van der Waals surface area contributed by atoms with E-state index in [9.17, 15) is 47.3 Å². The number of hydrogen-bond donors (Lipinski definition) is 0. The average molecular weight is 1260 g/mol. The monoisotopic (exact) mass is 1260 g/mol. The number of halogens is 4. The number of hydrogen-bond acceptors (Lipinski definition) is 16. The van der Waals surface area contributed by atoms with Gasteiger partial charge in [0.25, 0.3) is 11.8 Å². The van der Waals surface area contributed by atoms with E-state index in [0.29, 0.717) is 87.2 Å². The van der Waals surface area contributed by atoms with Crippen LogP contribution in [0.1, 0.15) is 134 Å². The van der Waals surface area contributed by atoms with Crippen molar-refractivity contribution in [3.8, 4) is 64.0 Å². The van der Waals surface area contributed by atoms with Crippen molar-refractivity contribution in [3.05, 3.63) is 183 Å². The topological polar surface area (TPSA) is 198 Å². The maximum Gasteiger partial charge on any atom is 0.528 e.